The number of sulfonamides is 1. The quantitative estimate of drug-likeness (QED) is 0.711. The molecule has 3 N–H and O–H groups in total. The molecule has 0 aliphatic rings. The van der Waals surface area contributed by atoms with Crippen molar-refractivity contribution in [1.29, 1.82) is 0 Å². The minimum atomic E-state index is -3.69. The zero-order valence-corrected chi connectivity index (χ0v) is 13.8. The number of rotatable bonds is 7. The number of thiazole rings is 1. The van der Waals surface area contributed by atoms with Gasteiger partial charge < -0.3 is 5.32 Å². The molecule has 1 atom stereocenters. The second-order valence-corrected chi connectivity index (χ2v) is 7.18. The summed E-state index contributed by atoms with van der Waals surface area (Å²) in [5.74, 6) is 0. The van der Waals surface area contributed by atoms with Crippen LogP contribution in [-0.4, -0.2) is 30.1 Å². The molecule has 0 saturated heterocycles. The van der Waals surface area contributed by atoms with Crippen LogP contribution in [0.1, 0.15) is 36.2 Å². The lowest BCUT2D eigenvalue weighted by Gasteiger charge is -2.11. The monoisotopic (exact) mass is 329 g/mol. The summed E-state index contributed by atoms with van der Waals surface area (Å²) in [6, 6.07) is -0.390. The predicted octanol–water partition coefficient (Wildman–Crippen LogP) is 1.32. The maximum absolute atomic E-state index is 12.5. The van der Waals surface area contributed by atoms with Gasteiger partial charge in [-0.2, -0.15) is 5.10 Å². The Morgan fingerprint density at radius 3 is 2.86 bits per heavy atom. The fourth-order valence-electron chi connectivity index (χ4n) is 1.90. The fraction of sp³-hybridized carbons (Fsp3) is 0.500. The van der Waals surface area contributed by atoms with E-state index < -0.39 is 10.0 Å². The summed E-state index contributed by atoms with van der Waals surface area (Å²) in [5, 5.41) is 12.4. The van der Waals surface area contributed by atoms with E-state index in [1.165, 1.54) is 11.3 Å². The molecule has 2 rings (SSSR count). The van der Waals surface area contributed by atoms with Crippen LogP contribution in [0.4, 0.5) is 0 Å². The second kappa shape index (κ2) is 6.65. The van der Waals surface area contributed by atoms with E-state index in [9.17, 15) is 8.42 Å². The van der Waals surface area contributed by atoms with Gasteiger partial charge in [0.1, 0.15) is 5.01 Å². The van der Waals surface area contributed by atoms with Crippen molar-refractivity contribution >= 4 is 21.4 Å². The smallest absolute Gasteiger partial charge is 0.260 e. The van der Waals surface area contributed by atoms with Crippen molar-refractivity contribution in [2.24, 2.45) is 0 Å². The van der Waals surface area contributed by atoms with E-state index in [0.717, 1.165) is 17.2 Å². The molecular formula is C12H19N5O2S2. The van der Waals surface area contributed by atoms with Crippen molar-refractivity contribution in [2.45, 2.75) is 38.4 Å². The van der Waals surface area contributed by atoms with Crippen molar-refractivity contribution < 1.29 is 8.42 Å². The van der Waals surface area contributed by atoms with Crippen molar-refractivity contribution in [2.75, 3.05) is 6.54 Å². The first-order valence-electron chi connectivity index (χ1n) is 6.62. The first kappa shape index (κ1) is 16.1. The summed E-state index contributed by atoms with van der Waals surface area (Å²) in [4.78, 5) is 4.12. The van der Waals surface area contributed by atoms with Crippen LogP contribution >= 0.6 is 11.3 Å². The molecule has 116 valence electrons. The number of H-pyrrole nitrogens is 1. The van der Waals surface area contributed by atoms with Crippen molar-refractivity contribution in [3.63, 3.8) is 0 Å². The molecule has 9 heteroatoms. The summed E-state index contributed by atoms with van der Waals surface area (Å²) in [6.45, 7) is 6.75. The minimum Gasteiger partial charge on any atom is -0.313 e. The molecule has 0 spiro atoms. The Labute approximate surface area is 128 Å². The topological polar surface area (TPSA) is 99.8 Å². The standard InChI is InChI=1S/C12H19N5O2S2/c1-4-13-7-10-8(2)15-16-12(10)21(18,19)17-9(3)11-14-5-6-20-11/h5-6,9,13,17H,4,7H2,1-3H3,(H,15,16). The van der Waals surface area contributed by atoms with Crippen LogP contribution in [0, 0.1) is 6.92 Å². The molecule has 0 aromatic carbocycles. The van der Waals surface area contributed by atoms with Crippen molar-refractivity contribution in [1.82, 2.24) is 25.2 Å². The Morgan fingerprint density at radius 2 is 2.24 bits per heavy atom. The highest BCUT2D eigenvalue weighted by molar-refractivity contribution is 7.89. The molecule has 1 unspecified atom stereocenters. The highest BCUT2D eigenvalue weighted by Crippen LogP contribution is 2.21. The van der Waals surface area contributed by atoms with Crippen molar-refractivity contribution in [3.05, 3.63) is 27.8 Å². The molecule has 0 aliphatic heterocycles. The molecule has 7 nitrogen and oxygen atoms in total. The third-order valence-corrected chi connectivity index (χ3v) is 5.46. The van der Waals surface area contributed by atoms with Gasteiger partial charge in [0.2, 0.25) is 0 Å². The van der Waals surface area contributed by atoms with Gasteiger partial charge in [0.25, 0.3) is 10.0 Å². The van der Waals surface area contributed by atoms with Gasteiger partial charge in [-0.25, -0.2) is 18.1 Å². The summed E-state index contributed by atoms with van der Waals surface area (Å²) in [5.41, 5.74) is 1.41. The third-order valence-electron chi connectivity index (χ3n) is 3.00. The van der Waals surface area contributed by atoms with Gasteiger partial charge in [-0.1, -0.05) is 6.92 Å². The number of nitrogens with zero attached hydrogens (tertiary/aromatic N) is 2. The Morgan fingerprint density at radius 1 is 1.48 bits per heavy atom. The molecular weight excluding hydrogens is 310 g/mol. The van der Waals surface area contributed by atoms with Gasteiger partial charge in [0.15, 0.2) is 5.03 Å². The largest absolute Gasteiger partial charge is 0.313 e. The van der Waals surface area contributed by atoms with Gasteiger partial charge in [0.05, 0.1) is 6.04 Å². The number of aryl methyl sites for hydroxylation is 1. The van der Waals surface area contributed by atoms with E-state index in [2.05, 4.69) is 25.2 Å². The molecule has 2 aromatic rings. The average molecular weight is 329 g/mol. The third kappa shape index (κ3) is 3.67. The Hall–Kier alpha value is -1.29. The molecule has 0 bridgehead atoms. The van der Waals surface area contributed by atoms with Crippen molar-refractivity contribution in [3.8, 4) is 0 Å². The number of aromatic nitrogens is 3. The zero-order chi connectivity index (χ0) is 15.5. The maximum atomic E-state index is 12.5. The molecule has 0 amide bonds. The zero-order valence-electron chi connectivity index (χ0n) is 12.2. The van der Waals surface area contributed by atoms with E-state index in [-0.39, 0.29) is 11.1 Å². The summed E-state index contributed by atoms with van der Waals surface area (Å²) in [7, 11) is -3.69. The number of hydrogen-bond donors (Lipinski definition) is 3. The van der Waals surface area contributed by atoms with Gasteiger partial charge in [-0.05, 0) is 20.4 Å². The van der Waals surface area contributed by atoms with Crippen LogP contribution in [0.15, 0.2) is 16.6 Å². The molecule has 21 heavy (non-hydrogen) atoms. The minimum absolute atomic E-state index is 0.0457. The number of hydrogen-bond acceptors (Lipinski definition) is 6. The lowest BCUT2D eigenvalue weighted by molar-refractivity contribution is 0.559. The van der Waals surface area contributed by atoms with E-state index in [1.54, 1.807) is 13.1 Å². The van der Waals surface area contributed by atoms with Crippen LogP contribution in [-0.2, 0) is 16.6 Å². The molecule has 2 heterocycles. The van der Waals surface area contributed by atoms with Crippen LogP contribution in [0.5, 0.6) is 0 Å². The van der Waals surface area contributed by atoms with Crippen LogP contribution < -0.4 is 10.0 Å². The normalized spacial score (nSPS) is 13.5. The van der Waals surface area contributed by atoms with E-state index >= 15 is 0 Å². The molecule has 2 aromatic heterocycles. The molecule has 0 aliphatic carbocycles. The first-order chi connectivity index (χ1) is 9.95. The average Bonchev–Trinajstić information content (AvgIpc) is 3.05. The van der Waals surface area contributed by atoms with Crippen LogP contribution in [0.25, 0.3) is 0 Å². The summed E-state index contributed by atoms with van der Waals surface area (Å²) < 4.78 is 27.6. The predicted molar refractivity (Wildman–Crippen MR) is 81.6 cm³/mol. The van der Waals surface area contributed by atoms with E-state index in [0.29, 0.717) is 12.1 Å². The van der Waals surface area contributed by atoms with Gasteiger partial charge in [-0.3, -0.25) is 5.10 Å². The molecule has 0 saturated carbocycles. The highest BCUT2D eigenvalue weighted by atomic mass is 32.2. The second-order valence-electron chi connectivity index (χ2n) is 4.63. The maximum Gasteiger partial charge on any atom is 0.260 e. The Bertz CT molecular complexity index is 679. The molecule has 0 radical (unpaired) electrons. The van der Waals surface area contributed by atoms with E-state index in [4.69, 9.17) is 0 Å². The molecule has 0 fully saturated rings. The highest BCUT2D eigenvalue weighted by Gasteiger charge is 2.26. The number of nitrogens with one attached hydrogen (secondary N) is 3. The lowest BCUT2D eigenvalue weighted by Crippen LogP contribution is -2.28. The Balaban J connectivity index is 2.23. The summed E-state index contributed by atoms with van der Waals surface area (Å²) >= 11 is 1.41. The van der Waals surface area contributed by atoms with Crippen LogP contribution in [0.2, 0.25) is 0 Å². The fourth-order valence-corrected chi connectivity index (χ4v) is 4.02. The van der Waals surface area contributed by atoms with E-state index in [1.807, 2.05) is 19.2 Å². The van der Waals surface area contributed by atoms with Gasteiger partial charge >= 0.3 is 0 Å². The Kier molecular flexibility index (Phi) is 5.09. The SMILES string of the molecule is CCNCc1c(S(=O)(=O)NC(C)c2nccs2)n[nH]c1C. The van der Waals surface area contributed by atoms with Gasteiger partial charge in [0, 0.05) is 29.4 Å². The summed E-state index contributed by atoms with van der Waals surface area (Å²) in [6.07, 6.45) is 1.65. The first-order valence-corrected chi connectivity index (χ1v) is 8.98. The lowest BCUT2D eigenvalue weighted by atomic mass is 10.2. The van der Waals surface area contributed by atoms with Gasteiger partial charge in [-0.15, -0.1) is 11.3 Å². The number of aromatic amines is 1. The van der Waals surface area contributed by atoms with Crippen LogP contribution in [0.3, 0.4) is 0 Å².